The lowest BCUT2D eigenvalue weighted by Gasteiger charge is -2.35. The highest BCUT2D eigenvalue weighted by Gasteiger charge is 2.25. The van der Waals surface area contributed by atoms with Gasteiger partial charge in [0.25, 0.3) is 11.1 Å². The summed E-state index contributed by atoms with van der Waals surface area (Å²) >= 11 is 0. The third-order valence-electron chi connectivity index (χ3n) is 6.37. The predicted octanol–water partition coefficient (Wildman–Crippen LogP) is 0.521. The standard InChI is InChI=1S/C21H28N6O2/c28-19-14-17-2-1-3-18(17)23-27(19)13-10-24-8-11-25(12-9-24)20-21(29)26(7-6-22-20)15-16-4-5-16/h6-7,14,16H,1-5,8-13,15H2. The Morgan fingerprint density at radius 2 is 1.86 bits per heavy atom. The Kier molecular flexibility index (Phi) is 4.95. The fraction of sp³-hybridized carbons (Fsp3) is 0.619. The van der Waals surface area contributed by atoms with Gasteiger partial charge in [-0.25, -0.2) is 9.67 Å². The molecule has 5 rings (SSSR count). The van der Waals surface area contributed by atoms with Crippen LogP contribution >= 0.6 is 0 Å². The molecule has 1 saturated heterocycles. The Morgan fingerprint density at radius 3 is 2.66 bits per heavy atom. The van der Waals surface area contributed by atoms with Crippen molar-refractivity contribution in [3.63, 3.8) is 0 Å². The molecule has 2 aromatic heterocycles. The second-order valence-corrected chi connectivity index (χ2v) is 8.51. The number of aromatic nitrogens is 4. The second-order valence-electron chi connectivity index (χ2n) is 8.51. The minimum Gasteiger partial charge on any atom is -0.349 e. The second kappa shape index (κ2) is 7.74. The molecule has 0 atom stereocenters. The van der Waals surface area contributed by atoms with Gasteiger partial charge < -0.3 is 9.47 Å². The van der Waals surface area contributed by atoms with Crippen LogP contribution in [-0.4, -0.2) is 57.0 Å². The van der Waals surface area contributed by atoms with E-state index in [1.165, 1.54) is 12.8 Å². The van der Waals surface area contributed by atoms with Crippen LogP contribution in [0.25, 0.3) is 0 Å². The van der Waals surface area contributed by atoms with Crippen LogP contribution in [0.5, 0.6) is 0 Å². The molecule has 2 aromatic rings. The van der Waals surface area contributed by atoms with Crippen molar-refractivity contribution in [2.75, 3.05) is 37.6 Å². The number of fused-ring (bicyclic) bond motifs is 1. The number of rotatable bonds is 6. The highest BCUT2D eigenvalue weighted by atomic mass is 16.1. The maximum Gasteiger partial charge on any atom is 0.293 e. The Bertz CT molecular complexity index is 1000. The summed E-state index contributed by atoms with van der Waals surface area (Å²) in [7, 11) is 0. The Morgan fingerprint density at radius 1 is 1.03 bits per heavy atom. The first-order chi connectivity index (χ1) is 14.2. The van der Waals surface area contributed by atoms with E-state index in [1.807, 2.05) is 10.8 Å². The maximum atomic E-state index is 12.8. The summed E-state index contributed by atoms with van der Waals surface area (Å²) in [4.78, 5) is 33.8. The molecule has 3 heterocycles. The molecular weight excluding hydrogens is 368 g/mol. The fourth-order valence-corrected chi connectivity index (χ4v) is 4.39. The molecule has 0 amide bonds. The first kappa shape index (κ1) is 18.5. The van der Waals surface area contributed by atoms with Crippen molar-refractivity contribution >= 4 is 5.82 Å². The van der Waals surface area contributed by atoms with Crippen molar-refractivity contribution in [3.05, 3.63) is 50.4 Å². The Balaban J connectivity index is 1.18. The summed E-state index contributed by atoms with van der Waals surface area (Å²) < 4.78 is 3.43. The maximum absolute atomic E-state index is 12.8. The molecule has 8 nitrogen and oxygen atoms in total. The van der Waals surface area contributed by atoms with E-state index in [0.29, 0.717) is 18.3 Å². The van der Waals surface area contributed by atoms with Gasteiger partial charge in [0.2, 0.25) is 0 Å². The zero-order chi connectivity index (χ0) is 19.8. The largest absolute Gasteiger partial charge is 0.349 e. The lowest BCUT2D eigenvalue weighted by molar-refractivity contribution is 0.241. The topological polar surface area (TPSA) is 76.3 Å². The number of hydrogen-bond donors (Lipinski definition) is 0. The summed E-state index contributed by atoms with van der Waals surface area (Å²) in [5, 5.41) is 4.56. The molecule has 154 valence electrons. The number of anilines is 1. The highest BCUT2D eigenvalue weighted by Crippen LogP contribution is 2.30. The van der Waals surface area contributed by atoms with E-state index in [2.05, 4.69) is 19.9 Å². The number of nitrogens with zero attached hydrogens (tertiary/aromatic N) is 6. The van der Waals surface area contributed by atoms with Crippen LogP contribution in [0, 0.1) is 5.92 Å². The van der Waals surface area contributed by atoms with Gasteiger partial charge in [0, 0.05) is 57.7 Å². The van der Waals surface area contributed by atoms with Gasteiger partial charge in [0.1, 0.15) is 0 Å². The molecular formula is C21H28N6O2. The first-order valence-corrected chi connectivity index (χ1v) is 10.8. The van der Waals surface area contributed by atoms with Gasteiger partial charge in [-0.15, -0.1) is 0 Å². The average Bonchev–Trinajstić information content (AvgIpc) is 3.44. The lowest BCUT2D eigenvalue weighted by Crippen LogP contribution is -2.49. The Hall–Kier alpha value is -2.48. The zero-order valence-electron chi connectivity index (χ0n) is 16.8. The van der Waals surface area contributed by atoms with E-state index < -0.39 is 0 Å². The summed E-state index contributed by atoms with van der Waals surface area (Å²) in [6.07, 6.45) is 9.07. The van der Waals surface area contributed by atoms with Crippen LogP contribution in [-0.2, 0) is 25.9 Å². The van der Waals surface area contributed by atoms with Gasteiger partial charge in [-0.05, 0) is 43.6 Å². The van der Waals surface area contributed by atoms with Crippen molar-refractivity contribution in [2.24, 2.45) is 5.92 Å². The van der Waals surface area contributed by atoms with Crippen LogP contribution in [0.1, 0.15) is 30.5 Å². The summed E-state index contributed by atoms with van der Waals surface area (Å²) in [5.74, 6) is 1.24. The minimum absolute atomic E-state index is 0.00832. The fourth-order valence-electron chi connectivity index (χ4n) is 4.39. The Labute approximate surface area is 169 Å². The molecule has 29 heavy (non-hydrogen) atoms. The molecule has 0 spiro atoms. The molecule has 0 N–H and O–H groups in total. The third kappa shape index (κ3) is 3.99. The average molecular weight is 396 g/mol. The van der Waals surface area contributed by atoms with Crippen molar-refractivity contribution in [1.82, 2.24) is 24.2 Å². The van der Waals surface area contributed by atoms with E-state index in [4.69, 9.17) is 0 Å². The van der Waals surface area contributed by atoms with Crippen molar-refractivity contribution < 1.29 is 0 Å². The van der Waals surface area contributed by atoms with E-state index >= 15 is 0 Å². The molecule has 1 aliphatic heterocycles. The van der Waals surface area contributed by atoms with Crippen LogP contribution in [0.15, 0.2) is 28.0 Å². The number of aryl methyl sites for hydroxylation is 2. The van der Waals surface area contributed by atoms with E-state index in [1.54, 1.807) is 16.9 Å². The van der Waals surface area contributed by atoms with Crippen LogP contribution < -0.4 is 16.0 Å². The van der Waals surface area contributed by atoms with Gasteiger partial charge in [-0.1, -0.05) is 0 Å². The van der Waals surface area contributed by atoms with Crippen LogP contribution in [0.4, 0.5) is 5.82 Å². The van der Waals surface area contributed by atoms with Crippen molar-refractivity contribution in [2.45, 2.75) is 45.2 Å². The molecule has 0 aromatic carbocycles. The van der Waals surface area contributed by atoms with E-state index in [-0.39, 0.29) is 11.1 Å². The van der Waals surface area contributed by atoms with Crippen molar-refractivity contribution in [3.8, 4) is 0 Å². The quantitative estimate of drug-likeness (QED) is 0.709. The zero-order valence-corrected chi connectivity index (χ0v) is 16.8. The van der Waals surface area contributed by atoms with Crippen LogP contribution in [0.2, 0.25) is 0 Å². The van der Waals surface area contributed by atoms with Gasteiger partial charge in [0.15, 0.2) is 5.82 Å². The molecule has 0 unspecified atom stereocenters. The third-order valence-corrected chi connectivity index (χ3v) is 6.37. The van der Waals surface area contributed by atoms with Gasteiger partial charge in [-0.3, -0.25) is 14.5 Å². The van der Waals surface area contributed by atoms with Crippen LogP contribution in [0.3, 0.4) is 0 Å². The lowest BCUT2D eigenvalue weighted by atomic mass is 10.2. The molecule has 0 radical (unpaired) electrons. The molecule has 8 heteroatoms. The summed E-state index contributed by atoms with van der Waals surface area (Å²) in [6, 6.07) is 1.76. The normalized spacial score (nSPS) is 19.5. The smallest absolute Gasteiger partial charge is 0.293 e. The molecule has 0 bridgehead atoms. The number of piperazine rings is 1. The van der Waals surface area contributed by atoms with Crippen molar-refractivity contribution in [1.29, 1.82) is 0 Å². The molecule has 2 aliphatic carbocycles. The number of hydrogen-bond acceptors (Lipinski definition) is 6. The van der Waals surface area contributed by atoms with Gasteiger partial charge in [0.05, 0.1) is 12.2 Å². The van der Waals surface area contributed by atoms with E-state index in [9.17, 15) is 9.59 Å². The molecule has 2 fully saturated rings. The van der Waals surface area contributed by atoms with Gasteiger partial charge >= 0.3 is 0 Å². The summed E-state index contributed by atoms with van der Waals surface area (Å²) in [6.45, 7) is 5.51. The SMILES string of the molecule is O=c1c(N2CCN(CCn3nc4c(cc3=O)CCC4)CC2)nccn1CC1CC1. The van der Waals surface area contributed by atoms with E-state index in [0.717, 1.165) is 69.8 Å². The minimum atomic E-state index is 0.00832. The predicted molar refractivity (Wildman–Crippen MR) is 110 cm³/mol. The summed E-state index contributed by atoms with van der Waals surface area (Å²) in [5.41, 5.74) is 2.25. The molecule has 1 saturated carbocycles. The monoisotopic (exact) mass is 396 g/mol. The first-order valence-electron chi connectivity index (χ1n) is 10.8. The highest BCUT2D eigenvalue weighted by molar-refractivity contribution is 5.36. The van der Waals surface area contributed by atoms with Gasteiger partial charge in [-0.2, -0.15) is 5.10 Å². The molecule has 3 aliphatic rings.